The van der Waals surface area contributed by atoms with E-state index in [0.29, 0.717) is 5.92 Å². The van der Waals surface area contributed by atoms with Crippen molar-refractivity contribution in [1.82, 2.24) is 19.8 Å². The third-order valence-electron chi connectivity index (χ3n) is 5.71. The number of rotatable bonds is 4. The van der Waals surface area contributed by atoms with E-state index in [2.05, 4.69) is 40.7 Å². The van der Waals surface area contributed by atoms with E-state index in [1.54, 1.807) is 0 Å². The Bertz CT molecular complexity index is 469. The van der Waals surface area contributed by atoms with Gasteiger partial charge in [0.05, 0.1) is 0 Å². The molecule has 0 radical (unpaired) electrons. The van der Waals surface area contributed by atoms with E-state index in [1.807, 2.05) is 12.4 Å². The van der Waals surface area contributed by atoms with E-state index in [9.17, 15) is 0 Å². The third kappa shape index (κ3) is 4.51. The van der Waals surface area contributed by atoms with Crippen LogP contribution in [0.15, 0.2) is 12.4 Å². The van der Waals surface area contributed by atoms with Gasteiger partial charge < -0.3 is 4.90 Å². The summed E-state index contributed by atoms with van der Waals surface area (Å²) in [6.45, 7) is 10.4. The Labute approximate surface area is 141 Å². The molecular weight excluding hydrogens is 284 g/mol. The molecular formula is C19H32N4. The molecule has 0 amide bonds. The van der Waals surface area contributed by atoms with Gasteiger partial charge in [0, 0.05) is 30.4 Å². The smallest absolute Gasteiger partial charge is 0.130 e. The Kier molecular flexibility index (Phi) is 5.65. The summed E-state index contributed by atoms with van der Waals surface area (Å²) >= 11 is 0. The first-order valence-electron chi connectivity index (χ1n) is 9.33. The van der Waals surface area contributed by atoms with Crippen LogP contribution in [0.3, 0.4) is 0 Å². The molecule has 0 N–H and O–H groups in total. The van der Waals surface area contributed by atoms with Gasteiger partial charge in [-0.25, -0.2) is 9.97 Å². The van der Waals surface area contributed by atoms with Crippen LogP contribution in [-0.2, 0) is 6.54 Å². The number of hydrogen-bond acceptors (Lipinski definition) is 4. The van der Waals surface area contributed by atoms with Crippen molar-refractivity contribution in [3.63, 3.8) is 0 Å². The van der Waals surface area contributed by atoms with Crippen molar-refractivity contribution in [2.45, 2.75) is 52.0 Å². The van der Waals surface area contributed by atoms with Gasteiger partial charge in [0.15, 0.2) is 0 Å². The van der Waals surface area contributed by atoms with Gasteiger partial charge in [0.25, 0.3) is 0 Å². The summed E-state index contributed by atoms with van der Waals surface area (Å²) < 4.78 is 0. The predicted octanol–water partition coefficient (Wildman–Crippen LogP) is 3.15. The van der Waals surface area contributed by atoms with Gasteiger partial charge in [0.2, 0.25) is 0 Å². The van der Waals surface area contributed by atoms with Gasteiger partial charge in [-0.3, -0.25) is 4.90 Å². The molecule has 3 heterocycles. The molecule has 0 saturated carbocycles. The highest BCUT2D eigenvalue weighted by Gasteiger charge is 2.28. The minimum absolute atomic E-state index is 0.411. The zero-order chi connectivity index (χ0) is 16.2. The molecule has 0 unspecified atom stereocenters. The van der Waals surface area contributed by atoms with Crippen molar-refractivity contribution in [1.29, 1.82) is 0 Å². The lowest BCUT2D eigenvalue weighted by molar-refractivity contribution is 0.102. The highest BCUT2D eigenvalue weighted by atomic mass is 15.1. The van der Waals surface area contributed by atoms with Crippen molar-refractivity contribution in [2.24, 2.45) is 11.8 Å². The first-order chi connectivity index (χ1) is 11.1. The molecule has 4 heteroatoms. The Balaban J connectivity index is 1.45. The van der Waals surface area contributed by atoms with E-state index in [1.165, 1.54) is 57.4 Å². The molecule has 2 fully saturated rings. The average Bonchev–Trinajstić information content (AvgIpc) is 2.57. The maximum absolute atomic E-state index is 4.50. The predicted molar refractivity (Wildman–Crippen MR) is 94.3 cm³/mol. The molecule has 4 nitrogen and oxygen atoms in total. The van der Waals surface area contributed by atoms with Crippen molar-refractivity contribution in [3.05, 3.63) is 23.8 Å². The fourth-order valence-corrected chi connectivity index (χ4v) is 4.09. The Hall–Kier alpha value is -1.00. The SMILES string of the molecule is CC(C)c1ncc(CN2CCC(C3CCN(C)CC3)CC2)cn1. The second-order valence-corrected chi connectivity index (χ2v) is 7.86. The van der Waals surface area contributed by atoms with Crippen molar-refractivity contribution < 1.29 is 0 Å². The lowest BCUT2D eigenvalue weighted by atomic mass is 9.79. The van der Waals surface area contributed by atoms with Gasteiger partial charge in [-0.05, 0) is 70.7 Å². The van der Waals surface area contributed by atoms with Gasteiger partial charge in [-0.2, -0.15) is 0 Å². The largest absolute Gasteiger partial charge is 0.306 e. The fourth-order valence-electron chi connectivity index (χ4n) is 4.09. The summed E-state index contributed by atoms with van der Waals surface area (Å²) in [5.41, 5.74) is 1.26. The second kappa shape index (κ2) is 7.71. The minimum Gasteiger partial charge on any atom is -0.306 e. The molecule has 0 atom stereocenters. The van der Waals surface area contributed by atoms with E-state index in [0.717, 1.165) is 24.2 Å². The number of likely N-dealkylation sites (tertiary alicyclic amines) is 2. The van der Waals surface area contributed by atoms with Crippen LogP contribution < -0.4 is 0 Å². The normalized spacial score (nSPS) is 22.8. The number of piperidine rings is 2. The van der Waals surface area contributed by atoms with E-state index < -0.39 is 0 Å². The summed E-state index contributed by atoms with van der Waals surface area (Å²) in [5, 5.41) is 0. The maximum atomic E-state index is 4.50. The topological polar surface area (TPSA) is 32.3 Å². The zero-order valence-corrected chi connectivity index (χ0v) is 15.0. The van der Waals surface area contributed by atoms with Crippen LogP contribution in [0.2, 0.25) is 0 Å². The van der Waals surface area contributed by atoms with Crippen LogP contribution in [0.25, 0.3) is 0 Å². The first-order valence-corrected chi connectivity index (χ1v) is 9.33. The lowest BCUT2D eigenvalue weighted by Crippen LogP contribution is -2.39. The maximum Gasteiger partial charge on any atom is 0.130 e. The molecule has 2 aliphatic heterocycles. The van der Waals surface area contributed by atoms with Crippen molar-refractivity contribution >= 4 is 0 Å². The van der Waals surface area contributed by atoms with E-state index in [-0.39, 0.29) is 0 Å². The summed E-state index contributed by atoms with van der Waals surface area (Å²) in [6.07, 6.45) is 9.60. The molecule has 0 aliphatic carbocycles. The van der Waals surface area contributed by atoms with Crippen LogP contribution >= 0.6 is 0 Å². The Morgan fingerprint density at radius 1 is 0.957 bits per heavy atom. The molecule has 128 valence electrons. The van der Waals surface area contributed by atoms with Crippen LogP contribution in [0, 0.1) is 11.8 Å². The van der Waals surface area contributed by atoms with Crippen LogP contribution in [-0.4, -0.2) is 53.0 Å². The minimum atomic E-state index is 0.411. The molecule has 2 aliphatic rings. The Morgan fingerprint density at radius 3 is 2.00 bits per heavy atom. The summed E-state index contributed by atoms with van der Waals surface area (Å²) in [4.78, 5) is 14.1. The van der Waals surface area contributed by atoms with E-state index >= 15 is 0 Å². The van der Waals surface area contributed by atoms with Crippen molar-refractivity contribution in [3.8, 4) is 0 Å². The average molecular weight is 316 g/mol. The fraction of sp³-hybridized carbons (Fsp3) is 0.789. The monoisotopic (exact) mass is 316 g/mol. The van der Waals surface area contributed by atoms with Crippen LogP contribution in [0.1, 0.15) is 56.8 Å². The number of hydrogen-bond donors (Lipinski definition) is 0. The van der Waals surface area contributed by atoms with Crippen LogP contribution in [0.4, 0.5) is 0 Å². The highest BCUT2D eigenvalue weighted by Crippen LogP contribution is 2.32. The van der Waals surface area contributed by atoms with Gasteiger partial charge in [-0.15, -0.1) is 0 Å². The third-order valence-corrected chi connectivity index (χ3v) is 5.71. The molecule has 0 bridgehead atoms. The van der Waals surface area contributed by atoms with E-state index in [4.69, 9.17) is 0 Å². The summed E-state index contributed by atoms with van der Waals surface area (Å²) in [5.74, 6) is 3.30. The van der Waals surface area contributed by atoms with Gasteiger partial charge in [0.1, 0.15) is 5.82 Å². The van der Waals surface area contributed by atoms with Gasteiger partial charge >= 0.3 is 0 Å². The first kappa shape index (κ1) is 16.8. The molecule has 1 aromatic heterocycles. The Morgan fingerprint density at radius 2 is 1.48 bits per heavy atom. The number of aromatic nitrogens is 2. The molecule has 3 rings (SSSR count). The van der Waals surface area contributed by atoms with Gasteiger partial charge in [-0.1, -0.05) is 13.8 Å². The van der Waals surface area contributed by atoms with Crippen molar-refractivity contribution in [2.75, 3.05) is 33.2 Å². The second-order valence-electron chi connectivity index (χ2n) is 7.86. The zero-order valence-electron chi connectivity index (χ0n) is 15.0. The quantitative estimate of drug-likeness (QED) is 0.854. The highest BCUT2D eigenvalue weighted by molar-refractivity contribution is 5.07. The standard InChI is InChI=1S/C19H32N4/c1-15(2)19-20-12-16(13-21-19)14-23-10-6-18(7-11-23)17-4-8-22(3)9-5-17/h12-13,15,17-18H,4-11,14H2,1-3H3. The molecule has 2 saturated heterocycles. The molecule has 0 spiro atoms. The molecule has 23 heavy (non-hydrogen) atoms. The summed E-state index contributed by atoms with van der Waals surface area (Å²) in [6, 6.07) is 0. The number of nitrogens with zero attached hydrogens (tertiary/aromatic N) is 4. The lowest BCUT2D eigenvalue weighted by Gasteiger charge is -2.39. The molecule has 1 aromatic rings. The summed E-state index contributed by atoms with van der Waals surface area (Å²) in [7, 11) is 2.26. The van der Waals surface area contributed by atoms with Crippen LogP contribution in [0.5, 0.6) is 0 Å². The molecule has 0 aromatic carbocycles.